The molecule has 5 aromatic carbocycles. The van der Waals surface area contributed by atoms with Crippen molar-refractivity contribution in [3.8, 4) is 11.1 Å². The van der Waals surface area contributed by atoms with E-state index < -0.39 is 0 Å². The number of aromatic nitrogens is 1. The summed E-state index contributed by atoms with van der Waals surface area (Å²) in [5.41, 5.74) is 6.74. The van der Waals surface area contributed by atoms with Crippen molar-refractivity contribution in [2.75, 3.05) is 0 Å². The summed E-state index contributed by atoms with van der Waals surface area (Å²) < 4.78 is 8.42. The van der Waals surface area contributed by atoms with E-state index in [0.717, 1.165) is 16.6 Å². The van der Waals surface area contributed by atoms with Gasteiger partial charge in [-0.1, -0.05) is 66.7 Å². The summed E-state index contributed by atoms with van der Waals surface area (Å²) in [5, 5.41) is 7.54. The van der Waals surface area contributed by atoms with Crippen molar-refractivity contribution in [1.82, 2.24) is 4.57 Å². The highest BCUT2D eigenvalue weighted by atomic mass is 16.3. The molecule has 0 aliphatic rings. The molecule has 7 rings (SSSR count). The first-order chi connectivity index (χ1) is 15.3. The van der Waals surface area contributed by atoms with E-state index in [9.17, 15) is 0 Å². The average Bonchev–Trinajstić information content (AvgIpc) is 3.34. The van der Waals surface area contributed by atoms with Crippen molar-refractivity contribution in [2.45, 2.75) is 0 Å². The third-order valence-corrected chi connectivity index (χ3v) is 6.61. The molecule has 146 valence electrons. The van der Waals surface area contributed by atoms with Crippen LogP contribution in [0.4, 0.5) is 0 Å². The Balaban J connectivity index is 1.48. The summed E-state index contributed by atoms with van der Waals surface area (Å²) in [5.74, 6) is 0. The van der Waals surface area contributed by atoms with Crippen molar-refractivity contribution in [2.24, 2.45) is 7.05 Å². The number of nitrogens with zero attached hydrogens (tertiary/aromatic N) is 1. The standard InChI is InChI=1S/C29H19NO/c1-30-25-15-12-18-6-2-3-7-21(18)29(25)24-14-11-19(16-26(24)30)20-10-13-23-22-8-4-5-9-27(22)31-28(23)17-20/h2-17H,1H3. The second-order valence-electron chi connectivity index (χ2n) is 8.28. The van der Waals surface area contributed by atoms with Crippen LogP contribution in [0.3, 0.4) is 0 Å². The van der Waals surface area contributed by atoms with Crippen LogP contribution in [0.25, 0.3) is 65.6 Å². The highest BCUT2D eigenvalue weighted by Gasteiger charge is 2.13. The lowest BCUT2D eigenvalue weighted by Crippen LogP contribution is -1.87. The molecular weight excluding hydrogens is 378 g/mol. The molecule has 2 aromatic heterocycles. The zero-order valence-corrected chi connectivity index (χ0v) is 17.1. The van der Waals surface area contributed by atoms with E-state index >= 15 is 0 Å². The third-order valence-electron chi connectivity index (χ3n) is 6.61. The molecule has 31 heavy (non-hydrogen) atoms. The van der Waals surface area contributed by atoms with E-state index in [-0.39, 0.29) is 0 Å². The SMILES string of the molecule is Cn1c2cc(-c3ccc4c(c3)oc3ccccc34)ccc2c2c3ccccc3ccc21. The van der Waals surface area contributed by atoms with Crippen LogP contribution >= 0.6 is 0 Å². The molecule has 2 heterocycles. The smallest absolute Gasteiger partial charge is 0.136 e. The van der Waals surface area contributed by atoms with E-state index in [1.54, 1.807) is 0 Å². The van der Waals surface area contributed by atoms with E-state index in [2.05, 4.69) is 96.5 Å². The van der Waals surface area contributed by atoms with Gasteiger partial charge in [-0.05, 0) is 52.2 Å². The second kappa shape index (κ2) is 5.99. The van der Waals surface area contributed by atoms with E-state index in [0.29, 0.717) is 0 Å². The predicted molar refractivity (Wildman–Crippen MR) is 131 cm³/mol. The number of hydrogen-bond donors (Lipinski definition) is 0. The second-order valence-corrected chi connectivity index (χ2v) is 8.28. The Morgan fingerprint density at radius 3 is 2.16 bits per heavy atom. The zero-order chi connectivity index (χ0) is 20.5. The topological polar surface area (TPSA) is 18.1 Å². The number of para-hydroxylation sites is 1. The molecule has 0 saturated heterocycles. The van der Waals surface area contributed by atoms with Gasteiger partial charge in [-0.2, -0.15) is 0 Å². The minimum absolute atomic E-state index is 0.932. The van der Waals surface area contributed by atoms with E-state index in [1.807, 2.05) is 12.1 Å². The predicted octanol–water partition coefficient (Wildman–Crippen LogP) is 8.05. The van der Waals surface area contributed by atoms with Crippen LogP contribution in [0.1, 0.15) is 0 Å². The molecule has 0 spiro atoms. The Kier molecular flexibility index (Phi) is 3.23. The minimum atomic E-state index is 0.932. The summed E-state index contributed by atoms with van der Waals surface area (Å²) in [6.45, 7) is 0. The van der Waals surface area contributed by atoms with E-state index in [1.165, 1.54) is 49.1 Å². The van der Waals surface area contributed by atoms with E-state index in [4.69, 9.17) is 4.42 Å². The van der Waals surface area contributed by atoms with Crippen LogP contribution in [0.2, 0.25) is 0 Å². The maximum atomic E-state index is 6.12. The van der Waals surface area contributed by atoms with Crippen LogP contribution in [0.15, 0.2) is 101 Å². The fourth-order valence-electron chi connectivity index (χ4n) is 5.06. The summed E-state index contributed by atoms with van der Waals surface area (Å²) >= 11 is 0. The lowest BCUT2D eigenvalue weighted by Gasteiger charge is -2.04. The Morgan fingerprint density at radius 2 is 1.26 bits per heavy atom. The molecule has 0 amide bonds. The molecular formula is C29H19NO. The molecule has 0 unspecified atom stereocenters. The summed E-state index contributed by atoms with van der Waals surface area (Å²) in [4.78, 5) is 0. The molecule has 2 nitrogen and oxygen atoms in total. The zero-order valence-electron chi connectivity index (χ0n) is 17.1. The normalized spacial score (nSPS) is 12.0. The maximum Gasteiger partial charge on any atom is 0.136 e. The van der Waals surface area contributed by atoms with Gasteiger partial charge in [0.25, 0.3) is 0 Å². The number of aryl methyl sites for hydroxylation is 1. The molecule has 0 radical (unpaired) electrons. The van der Waals surface area contributed by atoms with Gasteiger partial charge in [0.15, 0.2) is 0 Å². The molecule has 0 aliphatic carbocycles. The van der Waals surface area contributed by atoms with Crippen molar-refractivity contribution < 1.29 is 4.42 Å². The minimum Gasteiger partial charge on any atom is -0.456 e. The Hall–Kier alpha value is -4.04. The van der Waals surface area contributed by atoms with Gasteiger partial charge in [0.05, 0.1) is 0 Å². The summed E-state index contributed by atoms with van der Waals surface area (Å²) in [6.07, 6.45) is 0. The van der Waals surface area contributed by atoms with Gasteiger partial charge in [0, 0.05) is 39.6 Å². The van der Waals surface area contributed by atoms with Crippen LogP contribution in [-0.4, -0.2) is 4.57 Å². The van der Waals surface area contributed by atoms with Crippen molar-refractivity contribution in [3.63, 3.8) is 0 Å². The van der Waals surface area contributed by atoms with Gasteiger partial charge in [-0.15, -0.1) is 0 Å². The monoisotopic (exact) mass is 397 g/mol. The number of rotatable bonds is 1. The van der Waals surface area contributed by atoms with Gasteiger partial charge >= 0.3 is 0 Å². The Bertz CT molecular complexity index is 1800. The van der Waals surface area contributed by atoms with Crippen molar-refractivity contribution in [1.29, 1.82) is 0 Å². The first kappa shape index (κ1) is 16.7. The quantitative estimate of drug-likeness (QED) is 0.274. The number of fused-ring (bicyclic) bond motifs is 8. The first-order valence-corrected chi connectivity index (χ1v) is 10.6. The molecule has 0 saturated carbocycles. The largest absolute Gasteiger partial charge is 0.456 e. The van der Waals surface area contributed by atoms with Crippen LogP contribution in [0, 0.1) is 0 Å². The lowest BCUT2D eigenvalue weighted by molar-refractivity contribution is 0.669. The van der Waals surface area contributed by atoms with Crippen molar-refractivity contribution in [3.05, 3.63) is 97.1 Å². The summed E-state index contributed by atoms with van der Waals surface area (Å²) in [7, 11) is 2.16. The van der Waals surface area contributed by atoms with Gasteiger partial charge in [0.1, 0.15) is 11.2 Å². The number of benzene rings is 5. The summed E-state index contributed by atoms with van der Waals surface area (Å²) in [6, 6.07) is 34.6. The third kappa shape index (κ3) is 2.27. The average molecular weight is 397 g/mol. The van der Waals surface area contributed by atoms with Gasteiger partial charge < -0.3 is 8.98 Å². The maximum absolute atomic E-state index is 6.12. The van der Waals surface area contributed by atoms with Gasteiger partial charge in [-0.3, -0.25) is 0 Å². The van der Waals surface area contributed by atoms with Crippen LogP contribution < -0.4 is 0 Å². The first-order valence-electron chi connectivity index (χ1n) is 10.6. The number of hydrogen-bond acceptors (Lipinski definition) is 1. The van der Waals surface area contributed by atoms with Crippen LogP contribution in [0.5, 0.6) is 0 Å². The molecule has 2 heteroatoms. The van der Waals surface area contributed by atoms with Crippen LogP contribution in [-0.2, 0) is 7.05 Å². The molecule has 0 aliphatic heterocycles. The van der Waals surface area contributed by atoms with Crippen molar-refractivity contribution >= 4 is 54.5 Å². The fourth-order valence-corrected chi connectivity index (χ4v) is 5.06. The Labute approximate surface area is 178 Å². The highest BCUT2D eigenvalue weighted by molar-refractivity contribution is 6.21. The molecule has 0 fully saturated rings. The number of furan rings is 1. The molecule has 0 atom stereocenters. The highest BCUT2D eigenvalue weighted by Crippen LogP contribution is 2.37. The molecule has 0 bridgehead atoms. The molecule has 7 aromatic rings. The lowest BCUT2D eigenvalue weighted by atomic mass is 10.00. The van der Waals surface area contributed by atoms with Gasteiger partial charge in [0.2, 0.25) is 0 Å². The Morgan fingerprint density at radius 1 is 0.548 bits per heavy atom. The van der Waals surface area contributed by atoms with Gasteiger partial charge in [-0.25, -0.2) is 0 Å². The fraction of sp³-hybridized carbons (Fsp3) is 0.0345. The molecule has 0 N–H and O–H groups in total.